The lowest BCUT2D eigenvalue weighted by Crippen LogP contribution is -2.60. The first-order valence-electron chi connectivity index (χ1n) is 12.1. The number of hydrogen-bond acceptors (Lipinski definition) is 10. The van der Waals surface area contributed by atoms with Gasteiger partial charge in [0.1, 0.15) is 18.2 Å². The minimum absolute atomic E-state index is 0.0582. The minimum atomic E-state index is -2.25. The van der Waals surface area contributed by atoms with E-state index in [4.69, 9.17) is 11.5 Å². The van der Waals surface area contributed by atoms with Crippen molar-refractivity contribution in [1.29, 1.82) is 0 Å². The Labute approximate surface area is 220 Å². The van der Waals surface area contributed by atoms with Crippen LogP contribution in [0.3, 0.4) is 0 Å². The number of aliphatic hydroxyl groups excluding tert-OH is 4. The Morgan fingerprint density at radius 1 is 0.895 bits per heavy atom. The molecule has 0 spiro atoms. The number of carboxylic acids is 1. The molecule has 3 amide bonds. The van der Waals surface area contributed by atoms with Gasteiger partial charge in [0, 0.05) is 6.54 Å². The van der Waals surface area contributed by atoms with E-state index in [-0.39, 0.29) is 18.9 Å². The Balaban J connectivity index is 2.94. The van der Waals surface area contributed by atoms with Crippen LogP contribution in [-0.4, -0.2) is 98.8 Å². The van der Waals surface area contributed by atoms with E-state index in [1.54, 1.807) is 44.2 Å². The summed E-state index contributed by atoms with van der Waals surface area (Å²) < 4.78 is 0. The van der Waals surface area contributed by atoms with Crippen LogP contribution in [0.15, 0.2) is 30.3 Å². The maximum atomic E-state index is 12.8. The smallest absolute Gasteiger partial charge is 0.305 e. The van der Waals surface area contributed by atoms with Gasteiger partial charge in [0.05, 0.1) is 31.2 Å². The average molecular weight is 542 g/mol. The van der Waals surface area contributed by atoms with E-state index in [0.717, 1.165) is 0 Å². The maximum absolute atomic E-state index is 12.8. The summed E-state index contributed by atoms with van der Waals surface area (Å²) in [7, 11) is 0. The van der Waals surface area contributed by atoms with Gasteiger partial charge in [-0.15, -0.1) is 0 Å². The molecule has 0 heterocycles. The van der Waals surface area contributed by atoms with E-state index in [0.29, 0.717) is 5.56 Å². The molecule has 7 unspecified atom stereocenters. The van der Waals surface area contributed by atoms with Gasteiger partial charge in [0.2, 0.25) is 11.8 Å². The van der Waals surface area contributed by atoms with Crippen LogP contribution in [0.1, 0.15) is 38.3 Å². The molecule has 0 aliphatic carbocycles. The molecule has 1 aromatic carbocycles. The van der Waals surface area contributed by atoms with E-state index < -0.39 is 79.2 Å². The summed E-state index contributed by atoms with van der Waals surface area (Å²) in [5.41, 5.74) is 11.4. The molecule has 1 aromatic rings. The summed E-state index contributed by atoms with van der Waals surface area (Å²) in [6.45, 7) is 2.52. The Bertz CT molecular complexity index is 918. The van der Waals surface area contributed by atoms with E-state index in [9.17, 15) is 44.7 Å². The van der Waals surface area contributed by atoms with Crippen LogP contribution in [0.4, 0.5) is 0 Å². The molecule has 0 saturated carbocycles. The van der Waals surface area contributed by atoms with Gasteiger partial charge in [0.25, 0.3) is 5.91 Å². The van der Waals surface area contributed by atoms with Crippen molar-refractivity contribution < 1.29 is 44.7 Å². The Morgan fingerprint density at radius 3 is 2.00 bits per heavy atom. The third-order valence-corrected chi connectivity index (χ3v) is 5.71. The highest BCUT2D eigenvalue weighted by Crippen LogP contribution is 2.17. The van der Waals surface area contributed by atoms with Crippen LogP contribution < -0.4 is 27.4 Å². The van der Waals surface area contributed by atoms with Crippen LogP contribution in [0.25, 0.3) is 0 Å². The highest BCUT2D eigenvalue weighted by molar-refractivity contribution is 5.90. The monoisotopic (exact) mass is 541 g/mol. The number of nitrogens with two attached hydrogens (primary N) is 2. The lowest BCUT2D eigenvalue weighted by Gasteiger charge is -2.31. The number of benzene rings is 1. The molecular formula is C24H39N5O9. The molecule has 0 bridgehead atoms. The SMILES string of the molecule is CC(C)CC(NC(=O)C(N)CN)C(=O)NC(CO)C(O)C(O)C(O)C(=O)NC(CC(=O)O)c1ccccc1. The fourth-order valence-electron chi connectivity index (χ4n) is 3.56. The van der Waals surface area contributed by atoms with E-state index in [1.165, 1.54) is 0 Å². The average Bonchev–Trinajstić information content (AvgIpc) is 2.88. The second-order valence-electron chi connectivity index (χ2n) is 9.33. The van der Waals surface area contributed by atoms with Crippen LogP contribution in [0.2, 0.25) is 0 Å². The number of amides is 3. The number of carboxylic acid groups (broad SMARTS) is 1. The Hall–Kier alpha value is -3.14. The first kappa shape index (κ1) is 32.9. The number of aliphatic carboxylic acids is 1. The Morgan fingerprint density at radius 2 is 1.50 bits per heavy atom. The number of carbonyl (C=O) groups excluding carboxylic acids is 3. The molecule has 1 rings (SSSR count). The summed E-state index contributed by atoms with van der Waals surface area (Å²) in [5, 5.41) is 57.3. The van der Waals surface area contributed by atoms with Crippen molar-refractivity contribution in [3.8, 4) is 0 Å². The molecule has 0 aliphatic rings. The topological polar surface area (TPSA) is 258 Å². The van der Waals surface area contributed by atoms with E-state index >= 15 is 0 Å². The number of carbonyl (C=O) groups is 4. The van der Waals surface area contributed by atoms with Crippen LogP contribution in [-0.2, 0) is 19.2 Å². The summed E-state index contributed by atoms with van der Waals surface area (Å²) in [4.78, 5) is 48.8. The van der Waals surface area contributed by atoms with Gasteiger partial charge in [-0.1, -0.05) is 44.2 Å². The number of aliphatic hydroxyl groups is 4. The zero-order valence-electron chi connectivity index (χ0n) is 21.4. The molecule has 14 heteroatoms. The maximum Gasteiger partial charge on any atom is 0.305 e. The lowest BCUT2D eigenvalue weighted by molar-refractivity contribution is -0.145. The van der Waals surface area contributed by atoms with Gasteiger partial charge in [0.15, 0.2) is 6.10 Å². The molecular weight excluding hydrogens is 502 g/mol. The largest absolute Gasteiger partial charge is 0.481 e. The molecule has 0 saturated heterocycles. The fraction of sp³-hybridized carbons (Fsp3) is 0.583. The third kappa shape index (κ3) is 10.3. The van der Waals surface area contributed by atoms with Crippen LogP contribution in [0, 0.1) is 5.92 Å². The molecule has 12 N–H and O–H groups in total. The standard InChI is InChI=1S/C24H39N5O9/c1-12(2)8-16(28-22(36)14(26)10-25)23(37)29-17(11-30)19(33)20(34)21(35)24(38)27-15(9-18(31)32)13-6-4-3-5-7-13/h3-7,12,14-17,19-21,30,33-35H,8-11,25-26H2,1-2H3,(H,27,38)(H,28,36)(H,29,37)(H,31,32). The second-order valence-corrected chi connectivity index (χ2v) is 9.33. The summed E-state index contributed by atoms with van der Waals surface area (Å²) in [6.07, 6.45) is -6.81. The van der Waals surface area contributed by atoms with Gasteiger partial charge in [-0.05, 0) is 17.9 Å². The highest BCUT2D eigenvalue weighted by atomic mass is 16.4. The third-order valence-electron chi connectivity index (χ3n) is 5.71. The van der Waals surface area contributed by atoms with E-state index in [1.807, 2.05) is 0 Å². The first-order valence-corrected chi connectivity index (χ1v) is 12.1. The van der Waals surface area contributed by atoms with Gasteiger partial charge >= 0.3 is 5.97 Å². The first-order chi connectivity index (χ1) is 17.8. The predicted molar refractivity (Wildman–Crippen MR) is 135 cm³/mol. The molecule has 0 aliphatic heterocycles. The van der Waals surface area contributed by atoms with Crippen molar-refractivity contribution >= 4 is 23.7 Å². The number of nitrogens with one attached hydrogen (secondary N) is 3. The molecule has 0 fully saturated rings. The van der Waals surface area contributed by atoms with Gasteiger partial charge in [-0.25, -0.2) is 0 Å². The summed E-state index contributed by atoms with van der Waals surface area (Å²) >= 11 is 0. The van der Waals surface area contributed by atoms with Crippen molar-refractivity contribution in [1.82, 2.24) is 16.0 Å². The summed E-state index contributed by atoms with van der Waals surface area (Å²) in [5.74, 6) is -3.97. The zero-order valence-corrected chi connectivity index (χ0v) is 21.4. The second kappa shape index (κ2) is 16.0. The van der Waals surface area contributed by atoms with Gasteiger partial charge in [-0.3, -0.25) is 19.2 Å². The minimum Gasteiger partial charge on any atom is -0.481 e. The lowest BCUT2D eigenvalue weighted by atomic mass is 9.98. The quantitative estimate of drug-likeness (QED) is 0.0991. The molecule has 38 heavy (non-hydrogen) atoms. The normalized spacial score (nSPS) is 16.9. The van der Waals surface area contributed by atoms with Gasteiger partial charge < -0.3 is 53.0 Å². The Kier molecular flexibility index (Phi) is 13.8. The molecule has 0 radical (unpaired) electrons. The molecule has 7 atom stereocenters. The van der Waals surface area contributed by atoms with Crippen molar-refractivity contribution in [3.63, 3.8) is 0 Å². The molecule has 0 aromatic heterocycles. The number of rotatable bonds is 16. The van der Waals surface area contributed by atoms with Crippen LogP contribution >= 0.6 is 0 Å². The number of hydrogen-bond donors (Lipinski definition) is 10. The van der Waals surface area contributed by atoms with E-state index in [2.05, 4.69) is 16.0 Å². The zero-order chi connectivity index (χ0) is 29.0. The predicted octanol–water partition coefficient (Wildman–Crippen LogP) is -3.30. The fourth-order valence-corrected chi connectivity index (χ4v) is 3.56. The van der Waals surface area contributed by atoms with Crippen molar-refractivity contribution in [2.75, 3.05) is 13.2 Å². The molecule has 14 nitrogen and oxygen atoms in total. The van der Waals surface area contributed by atoms with Gasteiger partial charge in [-0.2, -0.15) is 0 Å². The molecule has 214 valence electrons. The summed E-state index contributed by atoms with van der Waals surface area (Å²) in [6, 6.07) is 3.29. The van der Waals surface area contributed by atoms with Crippen molar-refractivity contribution in [2.24, 2.45) is 17.4 Å². The highest BCUT2D eigenvalue weighted by Gasteiger charge is 2.37. The van der Waals surface area contributed by atoms with Crippen LogP contribution in [0.5, 0.6) is 0 Å². The van der Waals surface area contributed by atoms with Crippen molar-refractivity contribution in [2.45, 2.75) is 69.2 Å². The van der Waals surface area contributed by atoms with Crippen molar-refractivity contribution in [3.05, 3.63) is 35.9 Å².